The van der Waals surface area contributed by atoms with Gasteiger partial charge in [-0.25, -0.2) is 0 Å². The SMILES string of the molecule is CN1CCN(C(=O)COC(=O)CN2C(=O)c3ccccc3C2=O)CC1. The Morgan fingerprint density at radius 2 is 1.56 bits per heavy atom. The van der Waals surface area contributed by atoms with Crippen molar-refractivity contribution < 1.29 is 23.9 Å². The summed E-state index contributed by atoms with van der Waals surface area (Å²) in [4.78, 5) is 52.9. The van der Waals surface area contributed by atoms with E-state index in [1.165, 1.54) is 12.1 Å². The molecule has 0 bridgehead atoms. The van der Waals surface area contributed by atoms with Gasteiger partial charge in [-0.15, -0.1) is 0 Å². The molecule has 0 radical (unpaired) electrons. The summed E-state index contributed by atoms with van der Waals surface area (Å²) >= 11 is 0. The molecule has 0 unspecified atom stereocenters. The number of ether oxygens (including phenoxy) is 1. The largest absolute Gasteiger partial charge is 0.454 e. The number of carbonyl (C=O) groups is 4. The topological polar surface area (TPSA) is 87.2 Å². The molecule has 1 fully saturated rings. The van der Waals surface area contributed by atoms with Gasteiger partial charge in [-0.1, -0.05) is 12.1 Å². The van der Waals surface area contributed by atoms with E-state index in [0.717, 1.165) is 18.0 Å². The molecule has 0 N–H and O–H groups in total. The Balaban J connectivity index is 1.51. The van der Waals surface area contributed by atoms with Crippen molar-refractivity contribution in [3.8, 4) is 0 Å². The van der Waals surface area contributed by atoms with Gasteiger partial charge in [0.25, 0.3) is 17.7 Å². The van der Waals surface area contributed by atoms with Gasteiger partial charge in [-0.3, -0.25) is 24.1 Å². The van der Waals surface area contributed by atoms with Crippen LogP contribution in [-0.2, 0) is 14.3 Å². The molecule has 1 saturated heterocycles. The fourth-order valence-corrected chi connectivity index (χ4v) is 2.85. The van der Waals surface area contributed by atoms with Crippen molar-refractivity contribution in [3.05, 3.63) is 35.4 Å². The van der Waals surface area contributed by atoms with E-state index >= 15 is 0 Å². The fraction of sp³-hybridized carbons (Fsp3) is 0.412. The van der Waals surface area contributed by atoms with Crippen LogP contribution in [0.3, 0.4) is 0 Å². The van der Waals surface area contributed by atoms with Crippen LogP contribution in [-0.4, -0.2) is 84.8 Å². The Morgan fingerprint density at radius 1 is 1.00 bits per heavy atom. The van der Waals surface area contributed by atoms with Crippen LogP contribution in [0.1, 0.15) is 20.7 Å². The van der Waals surface area contributed by atoms with Gasteiger partial charge in [0.05, 0.1) is 11.1 Å². The summed E-state index contributed by atoms with van der Waals surface area (Å²) in [7, 11) is 1.98. The molecular formula is C17H19N3O5. The minimum Gasteiger partial charge on any atom is -0.454 e. The van der Waals surface area contributed by atoms with E-state index < -0.39 is 24.3 Å². The van der Waals surface area contributed by atoms with Crippen LogP contribution >= 0.6 is 0 Å². The van der Waals surface area contributed by atoms with Crippen LogP contribution in [0.4, 0.5) is 0 Å². The Labute approximate surface area is 144 Å². The molecule has 2 heterocycles. The average Bonchev–Trinajstić information content (AvgIpc) is 2.86. The minimum atomic E-state index is -0.781. The lowest BCUT2D eigenvalue weighted by atomic mass is 10.1. The maximum Gasteiger partial charge on any atom is 0.326 e. The van der Waals surface area contributed by atoms with E-state index in [2.05, 4.69) is 4.90 Å². The number of imide groups is 1. The summed E-state index contributed by atoms with van der Waals surface area (Å²) in [5, 5.41) is 0. The highest BCUT2D eigenvalue weighted by atomic mass is 16.5. The molecule has 25 heavy (non-hydrogen) atoms. The number of piperazine rings is 1. The predicted octanol–water partition coefficient (Wildman–Crippen LogP) is -0.400. The van der Waals surface area contributed by atoms with Gasteiger partial charge in [0.2, 0.25) is 0 Å². The highest BCUT2D eigenvalue weighted by molar-refractivity contribution is 6.22. The van der Waals surface area contributed by atoms with Crippen LogP contribution in [0.25, 0.3) is 0 Å². The van der Waals surface area contributed by atoms with Gasteiger partial charge >= 0.3 is 5.97 Å². The molecule has 1 aromatic rings. The monoisotopic (exact) mass is 345 g/mol. The molecule has 8 nitrogen and oxygen atoms in total. The quantitative estimate of drug-likeness (QED) is 0.545. The molecule has 8 heteroatoms. The molecule has 132 valence electrons. The molecule has 2 aliphatic heterocycles. The lowest BCUT2D eigenvalue weighted by molar-refractivity contribution is -0.152. The Bertz CT molecular complexity index is 690. The number of carbonyl (C=O) groups excluding carboxylic acids is 4. The van der Waals surface area contributed by atoms with Crippen molar-refractivity contribution in [1.82, 2.24) is 14.7 Å². The molecule has 0 spiro atoms. The third-order valence-corrected chi connectivity index (χ3v) is 4.38. The molecule has 0 aromatic heterocycles. The first-order valence-corrected chi connectivity index (χ1v) is 8.04. The number of likely N-dealkylation sites (N-methyl/N-ethyl adjacent to an activating group) is 1. The average molecular weight is 345 g/mol. The number of nitrogens with zero attached hydrogens (tertiary/aromatic N) is 3. The van der Waals surface area contributed by atoms with E-state index in [-0.39, 0.29) is 23.6 Å². The standard InChI is InChI=1S/C17H19N3O5/c1-18-6-8-19(9-7-18)14(21)11-25-15(22)10-20-16(23)12-4-2-3-5-13(12)17(20)24/h2-5H,6-11H2,1H3. The van der Waals surface area contributed by atoms with Crippen LogP contribution in [0, 0.1) is 0 Å². The lowest BCUT2D eigenvalue weighted by Crippen LogP contribution is -2.48. The maximum atomic E-state index is 12.2. The highest BCUT2D eigenvalue weighted by Crippen LogP contribution is 2.22. The molecule has 0 saturated carbocycles. The van der Waals surface area contributed by atoms with Gasteiger partial charge in [0.15, 0.2) is 6.61 Å². The summed E-state index contributed by atoms with van der Waals surface area (Å²) in [6.07, 6.45) is 0. The van der Waals surface area contributed by atoms with E-state index in [1.54, 1.807) is 17.0 Å². The zero-order chi connectivity index (χ0) is 18.0. The van der Waals surface area contributed by atoms with Crippen molar-refractivity contribution in [3.63, 3.8) is 0 Å². The summed E-state index contributed by atoms with van der Waals surface area (Å²) in [6, 6.07) is 6.39. The molecular weight excluding hydrogens is 326 g/mol. The van der Waals surface area contributed by atoms with Gasteiger partial charge in [-0.2, -0.15) is 0 Å². The predicted molar refractivity (Wildman–Crippen MR) is 86.8 cm³/mol. The van der Waals surface area contributed by atoms with E-state index in [1.807, 2.05) is 7.05 Å². The minimum absolute atomic E-state index is 0.272. The molecule has 3 rings (SSSR count). The van der Waals surface area contributed by atoms with Crippen LogP contribution in [0.5, 0.6) is 0 Å². The summed E-state index contributed by atoms with van der Waals surface area (Å²) in [5.74, 6) is -2.10. The smallest absolute Gasteiger partial charge is 0.326 e. The molecule has 0 atom stereocenters. The highest BCUT2D eigenvalue weighted by Gasteiger charge is 2.36. The van der Waals surface area contributed by atoms with Crippen molar-refractivity contribution >= 4 is 23.7 Å². The van der Waals surface area contributed by atoms with Crippen LogP contribution < -0.4 is 0 Å². The number of hydrogen-bond acceptors (Lipinski definition) is 6. The Morgan fingerprint density at radius 3 is 2.12 bits per heavy atom. The molecule has 1 aromatic carbocycles. The molecule has 0 aliphatic carbocycles. The first-order chi connectivity index (χ1) is 12.0. The third-order valence-electron chi connectivity index (χ3n) is 4.38. The maximum absolute atomic E-state index is 12.2. The molecule has 2 aliphatic rings. The van der Waals surface area contributed by atoms with E-state index in [9.17, 15) is 19.2 Å². The normalized spacial score (nSPS) is 17.6. The number of benzene rings is 1. The second kappa shape index (κ2) is 7.02. The first-order valence-electron chi connectivity index (χ1n) is 8.04. The third kappa shape index (κ3) is 3.53. The van der Waals surface area contributed by atoms with Crippen molar-refractivity contribution in [2.75, 3.05) is 46.4 Å². The van der Waals surface area contributed by atoms with Crippen LogP contribution in [0.15, 0.2) is 24.3 Å². The molecule has 3 amide bonds. The first kappa shape index (κ1) is 17.1. The Hall–Kier alpha value is -2.74. The van der Waals surface area contributed by atoms with Crippen LogP contribution in [0.2, 0.25) is 0 Å². The second-order valence-corrected chi connectivity index (χ2v) is 6.09. The number of rotatable bonds is 4. The van der Waals surface area contributed by atoms with Crippen molar-refractivity contribution in [1.29, 1.82) is 0 Å². The van der Waals surface area contributed by atoms with Gasteiger partial charge < -0.3 is 14.5 Å². The van der Waals surface area contributed by atoms with E-state index in [4.69, 9.17) is 4.74 Å². The summed E-state index contributed by atoms with van der Waals surface area (Å²) in [6.45, 7) is 1.84. The van der Waals surface area contributed by atoms with Crippen molar-refractivity contribution in [2.24, 2.45) is 0 Å². The van der Waals surface area contributed by atoms with E-state index in [0.29, 0.717) is 13.1 Å². The summed E-state index contributed by atoms with van der Waals surface area (Å²) < 4.78 is 4.95. The van der Waals surface area contributed by atoms with Gasteiger partial charge in [-0.05, 0) is 19.2 Å². The summed E-state index contributed by atoms with van der Waals surface area (Å²) in [5.41, 5.74) is 0.544. The number of hydrogen-bond donors (Lipinski definition) is 0. The zero-order valence-corrected chi connectivity index (χ0v) is 13.9. The lowest BCUT2D eigenvalue weighted by Gasteiger charge is -2.32. The second-order valence-electron chi connectivity index (χ2n) is 6.09. The van der Waals surface area contributed by atoms with Crippen molar-refractivity contribution in [2.45, 2.75) is 0 Å². The number of esters is 1. The fourth-order valence-electron chi connectivity index (χ4n) is 2.85. The van der Waals surface area contributed by atoms with Gasteiger partial charge in [0, 0.05) is 26.2 Å². The number of amides is 3. The number of fused-ring (bicyclic) bond motifs is 1. The zero-order valence-electron chi connectivity index (χ0n) is 13.9. The Kier molecular flexibility index (Phi) is 4.80. The van der Waals surface area contributed by atoms with Gasteiger partial charge in [0.1, 0.15) is 6.54 Å².